The van der Waals surface area contributed by atoms with Crippen molar-refractivity contribution >= 4 is 33.6 Å². The van der Waals surface area contributed by atoms with Crippen molar-refractivity contribution in [2.24, 2.45) is 0 Å². The van der Waals surface area contributed by atoms with Crippen LogP contribution in [0.1, 0.15) is 11.1 Å². The van der Waals surface area contributed by atoms with Gasteiger partial charge >= 0.3 is 6.09 Å². The van der Waals surface area contributed by atoms with E-state index in [4.69, 9.17) is 4.74 Å². The van der Waals surface area contributed by atoms with Crippen molar-refractivity contribution in [1.29, 1.82) is 0 Å². The number of alkyl carbamates (subject to hydrolysis) is 1. The molecule has 4 heteroatoms. The molecule has 1 N–H and O–H groups in total. The second-order valence-corrected chi connectivity index (χ2v) is 5.97. The minimum absolute atomic E-state index is 0.282. The molecule has 0 aliphatic heterocycles. The third-order valence-corrected chi connectivity index (χ3v) is 4.29. The summed E-state index contributed by atoms with van der Waals surface area (Å²) in [7, 11) is 0. The van der Waals surface area contributed by atoms with Crippen molar-refractivity contribution < 1.29 is 9.53 Å². The van der Waals surface area contributed by atoms with Crippen LogP contribution in [-0.2, 0) is 11.3 Å². The van der Waals surface area contributed by atoms with Gasteiger partial charge in [0.05, 0.1) is 0 Å². The maximum atomic E-state index is 11.6. The quantitative estimate of drug-likeness (QED) is 0.729. The third-order valence-electron chi connectivity index (χ3n) is 3.40. The van der Waals surface area contributed by atoms with Crippen LogP contribution in [0.2, 0.25) is 0 Å². The van der Waals surface area contributed by atoms with Crippen LogP contribution in [-0.4, -0.2) is 12.6 Å². The van der Waals surface area contributed by atoms with Crippen LogP contribution >= 0.6 is 11.3 Å². The monoisotopic (exact) mass is 323 g/mol. The number of fused-ring (bicyclic) bond motifs is 1. The van der Waals surface area contributed by atoms with Crippen LogP contribution in [0.3, 0.4) is 0 Å². The average molecular weight is 323 g/mol. The highest BCUT2D eigenvalue weighted by atomic mass is 32.1. The van der Waals surface area contributed by atoms with Crippen LogP contribution in [0.25, 0.3) is 16.2 Å². The highest BCUT2D eigenvalue weighted by Gasteiger charge is 2.01. The number of benzene rings is 2. The Morgan fingerprint density at radius 3 is 2.83 bits per heavy atom. The predicted octanol–water partition coefficient (Wildman–Crippen LogP) is 4.84. The molecule has 23 heavy (non-hydrogen) atoms. The lowest BCUT2D eigenvalue weighted by Crippen LogP contribution is -2.24. The minimum atomic E-state index is -0.410. The Morgan fingerprint density at radius 2 is 1.96 bits per heavy atom. The molecule has 0 atom stereocenters. The topological polar surface area (TPSA) is 38.3 Å². The van der Waals surface area contributed by atoms with Crippen LogP contribution in [0.5, 0.6) is 0 Å². The molecule has 3 aromatic rings. The maximum absolute atomic E-state index is 11.6. The fourth-order valence-electron chi connectivity index (χ4n) is 2.27. The molecule has 3 rings (SSSR count). The first-order valence-electron chi connectivity index (χ1n) is 7.40. The molecular formula is C19H17NO2S. The molecule has 0 unspecified atom stereocenters. The summed E-state index contributed by atoms with van der Waals surface area (Å²) in [4.78, 5) is 11.6. The normalized spacial score (nSPS) is 11.0. The summed E-state index contributed by atoms with van der Waals surface area (Å²) in [6, 6.07) is 18.0. The standard InChI is InChI=1S/C19H17NO2S/c21-19(22-14-15-6-2-1-3-7-15)20-12-5-9-16-8-4-10-18-17(16)11-13-23-18/h1-11,13H,12,14H2,(H,20,21). The second-order valence-electron chi connectivity index (χ2n) is 5.02. The summed E-state index contributed by atoms with van der Waals surface area (Å²) in [5.74, 6) is 0. The molecule has 3 nitrogen and oxygen atoms in total. The first kappa shape index (κ1) is 15.3. The van der Waals surface area contributed by atoms with Crippen molar-refractivity contribution in [2.75, 3.05) is 6.54 Å². The van der Waals surface area contributed by atoms with Gasteiger partial charge in [-0.3, -0.25) is 0 Å². The Hall–Kier alpha value is -2.59. The van der Waals surface area contributed by atoms with Gasteiger partial charge in [0.15, 0.2) is 0 Å². The third kappa shape index (κ3) is 4.20. The van der Waals surface area contributed by atoms with E-state index in [-0.39, 0.29) is 6.61 Å². The van der Waals surface area contributed by atoms with Gasteiger partial charge in [-0.05, 0) is 34.0 Å². The van der Waals surface area contributed by atoms with Crippen molar-refractivity contribution in [2.45, 2.75) is 6.61 Å². The number of amides is 1. The Balaban J connectivity index is 1.47. The Morgan fingerprint density at radius 1 is 1.09 bits per heavy atom. The van der Waals surface area contributed by atoms with Gasteiger partial charge in [0.25, 0.3) is 0 Å². The Labute approximate surface area is 139 Å². The first-order valence-corrected chi connectivity index (χ1v) is 8.28. The molecule has 0 bridgehead atoms. The molecule has 0 aliphatic carbocycles. The summed E-state index contributed by atoms with van der Waals surface area (Å²) in [6.07, 6.45) is 3.54. The minimum Gasteiger partial charge on any atom is -0.445 e. The molecule has 116 valence electrons. The van der Waals surface area contributed by atoms with Gasteiger partial charge in [0, 0.05) is 11.2 Å². The summed E-state index contributed by atoms with van der Waals surface area (Å²) < 4.78 is 6.42. The lowest BCUT2D eigenvalue weighted by atomic mass is 10.1. The number of carbonyl (C=O) groups is 1. The van der Waals surface area contributed by atoms with E-state index in [1.165, 1.54) is 10.1 Å². The molecule has 0 aliphatic rings. The molecule has 0 spiro atoms. The number of rotatable bonds is 5. The lowest BCUT2D eigenvalue weighted by molar-refractivity contribution is 0.141. The molecular weight excluding hydrogens is 306 g/mol. The highest BCUT2D eigenvalue weighted by Crippen LogP contribution is 2.24. The van der Waals surface area contributed by atoms with Gasteiger partial charge < -0.3 is 10.1 Å². The van der Waals surface area contributed by atoms with Gasteiger partial charge in [0.2, 0.25) is 0 Å². The van der Waals surface area contributed by atoms with Crippen molar-refractivity contribution in [1.82, 2.24) is 5.32 Å². The van der Waals surface area contributed by atoms with Gasteiger partial charge in [-0.2, -0.15) is 0 Å². The molecule has 2 aromatic carbocycles. The van der Waals surface area contributed by atoms with Gasteiger partial charge in [0.1, 0.15) is 6.61 Å². The highest BCUT2D eigenvalue weighted by molar-refractivity contribution is 7.17. The molecule has 0 saturated carbocycles. The van der Waals surface area contributed by atoms with Gasteiger partial charge in [-0.25, -0.2) is 4.79 Å². The molecule has 0 fully saturated rings. The number of ether oxygens (including phenoxy) is 1. The lowest BCUT2D eigenvalue weighted by Gasteiger charge is -2.05. The van der Waals surface area contributed by atoms with Crippen molar-refractivity contribution in [3.63, 3.8) is 0 Å². The largest absolute Gasteiger partial charge is 0.445 e. The van der Waals surface area contributed by atoms with Gasteiger partial charge in [-0.1, -0.05) is 54.6 Å². The van der Waals surface area contributed by atoms with Crippen LogP contribution < -0.4 is 5.32 Å². The van der Waals surface area contributed by atoms with Crippen LogP contribution in [0.4, 0.5) is 4.79 Å². The van der Waals surface area contributed by atoms with E-state index < -0.39 is 6.09 Å². The van der Waals surface area contributed by atoms with E-state index in [1.807, 2.05) is 48.6 Å². The molecule has 1 heterocycles. The predicted molar refractivity (Wildman–Crippen MR) is 95.5 cm³/mol. The van der Waals surface area contributed by atoms with E-state index in [1.54, 1.807) is 11.3 Å². The smallest absolute Gasteiger partial charge is 0.407 e. The van der Waals surface area contributed by atoms with E-state index >= 15 is 0 Å². The number of hydrogen-bond donors (Lipinski definition) is 1. The summed E-state index contributed by atoms with van der Waals surface area (Å²) >= 11 is 1.73. The molecule has 1 amide bonds. The zero-order chi connectivity index (χ0) is 15.9. The second kappa shape index (κ2) is 7.61. The summed E-state index contributed by atoms with van der Waals surface area (Å²) in [6.45, 7) is 0.721. The van der Waals surface area contributed by atoms with E-state index in [0.717, 1.165) is 11.1 Å². The summed E-state index contributed by atoms with van der Waals surface area (Å²) in [5.41, 5.74) is 2.13. The van der Waals surface area contributed by atoms with Gasteiger partial charge in [-0.15, -0.1) is 11.3 Å². The van der Waals surface area contributed by atoms with E-state index in [0.29, 0.717) is 6.54 Å². The Kier molecular flexibility index (Phi) is 5.06. The average Bonchev–Trinajstić information content (AvgIpc) is 3.07. The number of carbonyl (C=O) groups excluding carboxylic acids is 1. The van der Waals surface area contributed by atoms with Crippen LogP contribution in [0, 0.1) is 0 Å². The number of thiophene rings is 1. The van der Waals surface area contributed by atoms with Crippen molar-refractivity contribution in [3.8, 4) is 0 Å². The fraction of sp³-hybridized carbons (Fsp3) is 0.105. The zero-order valence-electron chi connectivity index (χ0n) is 12.6. The number of nitrogens with one attached hydrogen (secondary N) is 1. The first-order chi connectivity index (χ1) is 11.3. The molecule has 0 saturated heterocycles. The van der Waals surface area contributed by atoms with E-state index in [9.17, 15) is 4.79 Å². The summed E-state index contributed by atoms with van der Waals surface area (Å²) in [5, 5.41) is 6.04. The molecule has 1 aromatic heterocycles. The fourth-order valence-corrected chi connectivity index (χ4v) is 3.09. The SMILES string of the molecule is O=C(NCC=Cc1cccc2sccc12)OCc1ccccc1. The maximum Gasteiger partial charge on any atom is 0.407 e. The zero-order valence-corrected chi connectivity index (χ0v) is 13.4. The number of hydrogen-bond acceptors (Lipinski definition) is 3. The molecule has 0 radical (unpaired) electrons. The Bertz CT molecular complexity index is 808. The van der Waals surface area contributed by atoms with E-state index in [2.05, 4.69) is 28.9 Å². The van der Waals surface area contributed by atoms with Crippen LogP contribution in [0.15, 0.2) is 66.1 Å². The van der Waals surface area contributed by atoms with Crippen molar-refractivity contribution in [3.05, 3.63) is 77.2 Å².